The molecule has 1 aromatic rings. The first kappa shape index (κ1) is 16.0. The summed E-state index contributed by atoms with van der Waals surface area (Å²) in [4.78, 5) is 10.4. The molecule has 0 aliphatic heterocycles. The van der Waals surface area contributed by atoms with Crippen molar-refractivity contribution in [3.63, 3.8) is 0 Å². The number of rotatable bonds is 7. The first-order valence-corrected chi connectivity index (χ1v) is 7.14. The van der Waals surface area contributed by atoms with Gasteiger partial charge in [0.1, 0.15) is 5.69 Å². The van der Waals surface area contributed by atoms with E-state index in [2.05, 4.69) is 5.32 Å². The average Bonchev–Trinajstić information content (AvgIpc) is 2.36. The van der Waals surface area contributed by atoms with E-state index in [0.717, 1.165) is 0 Å². The van der Waals surface area contributed by atoms with Crippen molar-refractivity contribution in [1.29, 1.82) is 0 Å². The van der Waals surface area contributed by atoms with E-state index in [1.165, 1.54) is 26.4 Å². The molecule has 0 aromatic heterocycles. The van der Waals surface area contributed by atoms with Crippen LogP contribution in [0.5, 0.6) is 11.5 Å². The smallest absolute Gasteiger partial charge is 0.296 e. The highest BCUT2D eigenvalue weighted by atomic mass is 32.2. The van der Waals surface area contributed by atoms with Crippen LogP contribution in [0.1, 0.15) is 0 Å². The number of ether oxygens (including phenoxy) is 2. The van der Waals surface area contributed by atoms with Crippen LogP contribution in [0.15, 0.2) is 12.1 Å². The zero-order chi connectivity index (χ0) is 15.3. The summed E-state index contributed by atoms with van der Waals surface area (Å²) < 4.78 is 31.6. The molecule has 0 spiro atoms. The number of hydrogen-bond donors (Lipinski definition) is 2. The SMILES string of the molecule is COc1cc(NCCS(N)(=O)=O)c([N+](=O)[O-])cc1OC. The molecule has 0 unspecified atom stereocenters. The van der Waals surface area contributed by atoms with Gasteiger partial charge in [-0.3, -0.25) is 10.1 Å². The molecule has 0 radical (unpaired) electrons. The summed E-state index contributed by atoms with van der Waals surface area (Å²) in [7, 11) is -0.901. The zero-order valence-electron chi connectivity index (χ0n) is 11.0. The Kier molecular flexibility index (Phi) is 5.11. The second-order valence-electron chi connectivity index (χ2n) is 3.78. The van der Waals surface area contributed by atoms with Gasteiger partial charge in [-0.05, 0) is 0 Å². The van der Waals surface area contributed by atoms with Gasteiger partial charge < -0.3 is 14.8 Å². The highest BCUT2D eigenvalue weighted by molar-refractivity contribution is 7.89. The highest BCUT2D eigenvalue weighted by Gasteiger charge is 2.19. The Morgan fingerprint density at radius 2 is 1.85 bits per heavy atom. The maximum atomic E-state index is 11.0. The molecule has 1 rings (SSSR count). The third-order valence-corrected chi connectivity index (χ3v) is 3.17. The van der Waals surface area contributed by atoms with Gasteiger partial charge in [0.05, 0.1) is 31.0 Å². The predicted octanol–water partition coefficient (Wildman–Crippen LogP) is 0.312. The standard InChI is InChI=1S/C10H15N3O6S/c1-18-9-5-7(12-3-4-20(11,16)17)8(13(14)15)6-10(9)19-2/h5-6,12H,3-4H2,1-2H3,(H2,11,16,17). The molecule has 1 aromatic carbocycles. The molecule has 0 fully saturated rings. The monoisotopic (exact) mass is 305 g/mol. The molecule has 0 bridgehead atoms. The third-order valence-electron chi connectivity index (χ3n) is 2.40. The van der Waals surface area contributed by atoms with Crippen LogP contribution in [0, 0.1) is 10.1 Å². The molecule has 3 N–H and O–H groups in total. The van der Waals surface area contributed by atoms with E-state index >= 15 is 0 Å². The fraction of sp³-hybridized carbons (Fsp3) is 0.400. The number of nitro benzene ring substituents is 1. The number of benzene rings is 1. The van der Waals surface area contributed by atoms with Gasteiger partial charge in [-0.25, -0.2) is 13.6 Å². The van der Waals surface area contributed by atoms with Crippen LogP contribution >= 0.6 is 0 Å². The fourth-order valence-corrected chi connectivity index (χ4v) is 1.88. The maximum Gasteiger partial charge on any atom is 0.296 e. The third kappa shape index (κ3) is 4.24. The summed E-state index contributed by atoms with van der Waals surface area (Å²) in [5.41, 5.74) is -0.131. The molecular weight excluding hydrogens is 290 g/mol. The molecule has 20 heavy (non-hydrogen) atoms. The van der Waals surface area contributed by atoms with Gasteiger partial charge in [0.15, 0.2) is 11.5 Å². The minimum atomic E-state index is -3.64. The van der Waals surface area contributed by atoms with E-state index in [-0.39, 0.29) is 35.2 Å². The van der Waals surface area contributed by atoms with Crippen LogP contribution in [0.3, 0.4) is 0 Å². The first-order chi connectivity index (χ1) is 9.28. The normalized spacial score (nSPS) is 10.9. The van der Waals surface area contributed by atoms with Gasteiger partial charge in [-0.15, -0.1) is 0 Å². The van der Waals surface area contributed by atoms with Crippen molar-refractivity contribution in [3.8, 4) is 11.5 Å². The second-order valence-corrected chi connectivity index (χ2v) is 5.51. The predicted molar refractivity (Wildman–Crippen MR) is 72.7 cm³/mol. The van der Waals surface area contributed by atoms with E-state index < -0.39 is 14.9 Å². The molecule has 0 saturated heterocycles. The van der Waals surface area contributed by atoms with Crippen LogP contribution in [-0.2, 0) is 10.0 Å². The van der Waals surface area contributed by atoms with Gasteiger partial charge in [0.25, 0.3) is 5.69 Å². The minimum absolute atomic E-state index is 0.0604. The summed E-state index contributed by atoms with van der Waals surface area (Å²) in [5, 5.41) is 18.5. The molecule has 0 heterocycles. The Bertz CT molecular complexity index is 601. The van der Waals surface area contributed by atoms with Crippen molar-refractivity contribution in [1.82, 2.24) is 0 Å². The fourth-order valence-electron chi connectivity index (χ4n) is 1.49. The van der Waals surface area contributed by atoms with Gasteiger partial charge in [-0.1, -0.05) is 0 Å². The lowest BCUT2D eigenvalue weighted by Gasteiger charge is -2.11. The molecular formula is C10H15N3O6S. The number of sulfonamides is 1. The molecule has 112 valence electrons. The van der Waals surface area contributed by atoms with E-state index in [4.69, 9.17) is 14.6 Å². The van der Waals surface area contributed by atoms with Crippen molar-refractivity contribution in [2.24, 2.45) is 5.14 Å². The van der Waals surface area contributed by atoms with Gasteiger partial charge in [-0.2, -0.15) is 0 Å². The van der Waals surface area contributed by atoms with E-state index in [1.54, 1.807) is 0 Å². The van der Waals surface area contributed by atoms with Crippen molar-refractivity contribution in [3.05, 3.63) is 22.2 Å². The molecule has 0 aliphatic rings. The van der Waals surface area contributed by atoms with Crippen molar-refractivity contribution in [2.45, 2.75) is 0 Å². The number of nitrogens with zero attached hydrogens (tertiary/aromatic N) is 1. The van der Waals surface area contributed by atoms with Crippen LogP contribution in [-0.4, -0.2) is 39.9 Å². The van der Waals surface area contributed by atoms with E-state index in [1.807, 2.05) is 0 Å². The summed E-state index contributed by atoms with van der Waals surface area (Å²) in [6.07, 6.45) is 0. The number of nitrogens with two attached hydrogens (primary N) is 1. The van der Waals surface area contributed by atoms with Crippen molar-refractivity contribution >= 4 is 21.4 Å². The molecule has 10 heteroatoms. The van der Waals surface area contributed by atoms with E-state index in [0.29, 0.717) is 0 Å². The summed E-state index contributed by atoms with van der Waals surface area (Å²) in [5.74, 6) is 0.144. The first-order valence-electron chi connectivity index (χ1n) is 5.43. The Hall–Kier alpha value is -2.07. The molecule has 9 nitrogen and oxygen atoms in total. The Morgan fingerprint density at radius 3 is 2.30 bits per heavy atom. The van der Waals surface area contributed by atoms with Crippen molar-refractivity contribution < 1.29 is 22.8 Å². The Labute approximate surface area is 115 Å². The van der Waals surface area contributed by atoms with Gasteiger partial charge in [0.2, 0.25) is 10.0 Å². The number of methoxy groups -OCH3 is 2. The number of nitrogens with one attached hydrogen (secondary N) is 1. The molecule has 0 atom stereocenters. The number of hydrogen-bond acceptors (Lipinski definition) is 7. The van der Waals surface area contributed by atoms with Crippen LogP contribution in [0.2, 0.25) is 0 Å². The molecule has 0 amide bonds. The Morgan fingerprint density at radius 1 is 1.30 bits per heavy atom. The second kappa shape index (κ2) is 6.39. The molecule has 0 aliphatic carbocycles. The van der Waals surface area contributed by atoms with Gasteiger partial charge in [0, 0.05) is 12.6 Å². The van der Waals surface area contributed by atoms with Gasteiger partial charge >= 0.3 is 0 Å². The lowest BCUT2D eigenvalue weighted by molar-refractivity contribution is -0.384. The number of nitro groups is 1. The zero-order valence-corrected chi connectivity index (χ0v) is 11.8. The van der Waals surface area contributed by atoms with Crippen molar-refractivity contribution in [2.75, 3.05) is 31.8 Å². The lowest BCUT2D eigenvalue weighted by atomic mass is 10.2. The minimum Gasteiger partial charge on any atom is -0.493 e. The lowest BCUT2D eigenvalue weighted by Crippen LogP contribution is -2.22. The number of primary sulfonamides is 1. The van der Waals surface area contributed by atoms with Crippen LogP contribution < -0.4 is 19.9 Å². The Balaban J connectivity index is 3.06. The quantitative estimate of drug-likeness (QED) is 0.547. The largest absolute Gasteiger partial charge is 0.493 e. The average molecular weight is 305 g/mol. The highest BCUT2D eigenvalue weighted by Crippen LogP contribution is 2.37. The number of anilines is 1. The topological polar surface area (TPSA) is 134 Å². The maximum absolute atomic E-state index is 11.0. The van der Waals surface area contributed by atoms with E-state index in [9.17, 15) is 18.5 Å². The summed E-state index contributed by atoms with van der Waals surface area (Å²) in [6.45, 7) is -0.0604. The van der Waals surface area contributed by atoms with Crippen LogP contribution in [0.4, 0.5) is 11.4 Å². The molecule has 0 saturated carbocycles. The summed E-state index contributed by atoms with van der Waals surface area (Å²) in [6, 6.07) is 2.55. The summed E-state index contributed by atoms with van der Waals surface area (Å²) >= 11 is 0. The van der Waals surface area contributed by atoms with Crippen LogP contribution in [0.25, 0.3) is 0 Å².